The molecule has 0 aromatic rings. The molecule has 0 aliphatic heterocycles. The zero-order valence-corrected chi connectivity index (χ0v) is 13.1. The molecule has 20 heavy (non-hydrogen) atoms. The van der Waals surface area contributed by atoms with E-state index in [2.05, 4.69) is 0 Å². The van der Waals surface area contributed by atoms with Crippen LogP contribution in [0.3, 0.4) is 0 Å². The summed E-state index contributed by atoms with van der Waals surface area (Å²) < 4.78 is 5.86. The van der Waals surface area contributed by atoms with Crippen molar-refractivity contribution in [1.29, 1.82) is 0 Å². The fourth-order valence-corrected chi connectivity index (χ4v) is 3.46. The Bertz CT molecular complexity index is 372. The number of hydrogen-bond acceptors (Lipinski definition) is 3. The normalized spacial score (nSPS) is 31.4. The lowest BCUT2D eigenvalue weighted by Crippen LogP contribution is -2.38. The maximum absolute atomic E-state index is 12.3. The lowest BCUT2D eigenvalue weighted by molar-refractivity contribution is -0.165. The van der Waals surface area contributed by atoms with E-state index in [0.717, 1.165) is 38.5 Å². The van der Waals surface area contributed by atoms with Crippen molar-refractivity contribution in [3.05, 3.63) is 0 Å². The third-order valence-electron chi connectivity index (χ3n) is 5.34. The summed E-state index contributed by atoms with van der Waals surface area (Å²) in [6, 6.07) is 0. The van der Waals surface area contributed by atoms with Crippen molar-refractivity contribution in [3.8, 4) is 0 Å². The minimum Gasteiger partial charge on any atom is -0.462 e. The molecule has 2 rings (SSSR count). The molecule has 0 saturated heterocycles. The summed E-state index contributed by atoms with van der Waals surface area (Å²) >= 11 is 0. The molecule has 0 bridgehead atoms. The Balaban J connectivity index is 2.00. The van der Waals surface area contributed by atoms with Crippen molar-refractivity contribution >= 4 is 11.8 Å². The quantitative estimate of drug-likeness (QED) is 0.734. The molecule has 0 N–H and O–H groups in total. The molecule has 3 unspecified atom stereocenters. The van der Waals surface area contributed by atoms with Gasteiger partial charge in [0.25, 0.3) is 0 Å². The minimum atomic E-state index is -0.395. The first-order valence-electron chi connectivity index (χ1n) is 8.17. The fourth-order valence-electron chi connectivity index (χ4n) is 3.46. The van der Waals surface area contributed by atoms with E-state index in [1.54, 1.807) is 0 Å². The number of Topliss-reactive ketones (excluding diaryl/α,β-unsaturated/α-hetero) is 1. The molecule has 2 saturated carbocycles. The van der Waals surface area contributed by atoms with Gasteiger partial charge >= 0.3 is 5.97 Å². The van der Waals surface area contributed by atoms with E-state index in [4.69, 9.17) is 4.74 Å². The second kappa shape index (κ2) is 6.28. The Morgan fingerprint density at radius 3 is 2.55 bits per heavy atom. The van der Waals surface area contributed by atoms with Gasteiger partial charge in [0.15, 0.2) is 0 Å². The minimum absolute atomic E-state index is 0.0398. The van der Waals surface area contributed by atoms with Crippen LogP contribution in [0.5, 0.6) is 0 Å². The average Bonchev–Trinajstić information content (AvgIpc) is 2.85. The lowest BCUT2D eigenvalue weighted by Gasteiger charge is -2.36. The molecular weight excluding hydrogens is 252 g/mol. The highest BCUT2D eigenvalue weighted by Gasteiger charge is 2.39. The molecule has 114 valence electrons. The number of ether oxygens (including phenoxy) is 1. The first kappa shape index (κ1) is 15.5. The molecule has 0 amide bonds. The molecule has 2 aliphatic carbocycles. The average molecular weight is 280 g/mol. The molecule has 0 aromatic heterocycles. The molecule has 0 spiro atoms. The highest BCUT2D eigenvalue weighted by atomic mass is 16.5. The van der Waals surface area contributed by atoms with Crippen LogP contribution < -0.4 is 0 Å². The van der Waals surface area contributed by atoms with Crippen molar-refractivity contribution in [2.45, 2.75) is 78.2 Å². The molecule has 2 fully saturated rings. The Morgan fingerprint density at radius 2 is 1.95 bits per heavy atom. The summed E-state index contributed by atoms with van der Waals surface area (Å²) in [5, 5.41) is 0. The van der Waals surface area contributed by atoms with E-state index in [1.807, 2.05) is 20.8 Å². The molecule has 3 nitrogen and oxygen atoms in total. The Kier molecular flexibility index (Phi) is 4.87. The van der Waals surface area contributed by atoms with Gasteiger partial charge in [0.2, 0.25) is 0 Å². The summed E-state index contributed by atoms with van der Waals surface area (Å²) in [6.07, 6.45) is 7.70. The van der Waals surface area contributed by atoms with E-state index >= 15 is 0 Å². The van der Waals surface area contributed by atoms with Gasteiger partial charge in [-0.25, -0.2) is 0 Å². The van der Waals surface area contributed by atoms with Crippen LogP contribution in [0.25, 0.3) is 0 Å². The highest BCUT2D eigenvalue weighted by Crippen LogP contribution is 2.40. The maximum Gasteiger partial charge on any atom is 0.311 e. The maximum atomic E-state index is 12.3. The van der Waals surface area contributed by atoms with Gasteiger partial charge in [0.05, 0.1) is 5.41 Å². The van der Waals surface area contributed by atoms with E-state index in [0.29, 0.717) is 24.0 Å². The fraction of sp³-hybridized carbons (Fsp3) is 0.882. The topological polar surface area (TPSA) is 43.4 Å². The molecule has 0 aromatic carbocycles. The van der Waals surface area contributed by atoms with Crippen LogP contribution in [0.4, 0.5) is 0 Å². The van der Waals surface area contributed by atoms with Crippen molar-refractivity contribution in [1.82, 2.24) is 0 Å². The van der Waals surface area contributed by atoms with Crippen molar-refractivity contribution in [3.63, 3.8) is 0 Å². The van der Waals surface area contributed by atoms with Gasteiger partial charge in [-0.05, 0) is 57.8 Å². The van der Waals surface area contributed by atoms with Gasteiger partial charge in [0, 0.05) is 12.8 Å². The van der Waals surface area contributed by atoms with Crippen LogP contribution in [-0.2, 0) is 14.3 Å². The van der Waals surface area contributed by atoms with Crippen LogP contribution in [0.15, 0.2) is 0 Å². The Labute approximate surface area is 122 Å². The van der Waals surface area contributed by atoms with Gasteiger partial charge in [-0.3, -0.25) is 9.59 Å². The van der Waals surface area contributed by atoms with Crippen LogP contribution in [0.2, 0.25) is 0 Å². The van der Waals surface area contributed by atoms with Crippen molar-refractivity contribution in [2.75, 3.05) is 0 Å². The van der Waals surface area contributed by atoms with Crippen LogP contribution in [-0.4, -0.2) is 17.9 Å². The number of ketones is 1. The lowest BCUT2D eigenvalue weighted by atomic mass is 9.77. The predicted molar refractivity (Wildman–Crippen MR) is 78.3 cm³/mol. The predicted octanol–water partition coefficient (Wildman–Crippen LogP) is 3.89. The van der Waals surface area contributed by atoms with E-state index < -0.39 is 5.41 Å². The smallest absolute Gasteiger partial charge is 0.311 e. The monoisotopic (exact) mass is 280 g/mol. The third kappa shape index (κ3) is 3.42. The van der Waals surface area contributed by atoms with E-state index in [1.165, 1.54) is 6.42 Å². The first-order chi connectivity index (χ1) is 9.44. The zero-order valence-electron chi connectivity index (χ0n) is 13.1. The number of rotatable bonds is 4. The van der Waals surface area contributed by atoms with Crippen LogP contribution in [0.1, 0.15) is 72.1 Å². The summed E-state index contributed by atoms with van der Waals surface area (Å²) in [4.78, 5) is 23.8. The Hall–Kier alpha value is -0.860. The largest absolute Gasteiger partial charge is 0.462 e. The first-order valence-corrected chi connectivity index (χ1v) is 8.17. The number of esters is 1. The molecule has 2 aliphatic rings. The summed E-state index contributed by atoms with van der Waals surface area (Å²) in [5.41, 5.74) is -0.395. The zero-order chi connectivity index (χ0) is 14.8. The molecule has 3 heteroatoms. The van der Waals surface area contributed by atoms with Gasteiger partial charge in [0.1, 0.15) is 11.9 Å². The van der Waals surface area contributed by atoms with E-state index in [9.17, 15) is 9.59 Å². The third-order valence-corrected chi connectivity index (χ3v) is 5.34. The second-order valence-electron chi connectivity index (χ2n) is 7.17. The number of hydrogen-bond donors (Lipinski definition) is 0. The number of carbonyl (C=O) groups is 2. The van der Waals surface area contributed by atoms with Crippen molar-refractivity contribution in [2.24, 2.45) is 17.3 Å². The summed E-state index contributed by atoms with van der Waals surface area (Å²) in [5.74, 6) is 1.18. The van der Waals surface area contributed by atoms with E-state index in [-0.39, 0.29) is 12.1 Å². The van der Waals surface area contributed by atoms with Gasteiger partial charge in [-0.15, -0.1) is 0 Å². The summed E-state index contributed by atoms with van der Waals surface area (Å²) in [6.45, 7) is 5.92. The SMILES string of the molecule is CCC(C)(C)C(=O)OC1CCCCC1C1CCC(=O)C1. The number of carbonyl (C=O) groups excluding carboxylic acids is 2. The molecule has 0 heterocycles. The molecule has 3 atom stereocenters. The molecule has 0 radical (unpaired) electrons. The molecular formula is C17H28O3. The van der Waals surface area contributed by atoms with Gasteiger partial charge in [-0.2, -0.15) is 0 Å². The van der Waals surface area contributed by atoms with Gasteiger partial charge in [-0.1, -0.05) is 13.3 Å². The van der Waals surface area contributed by atoms with Crippen LogP contribution >= 0.6 is 0 Å². The highest BCUT2D eigenvalue weighted by molar-refractivity contribution is 5.80. The summed E-state index contributed by atoms with van der Waals surface area (Å²) in [7, 11) is 0. The Morgan fingerprint density at radius 1 is 1.25 bits per heavy atom. The van der Waals surface area contributed by atoms with Crippen molar-refractivity contribution < 1.29 is 14.3 Å². The second-order valence-corrected chi connectivity index (χ2v) is 7.17. The van der Waals surface area contributed by atoms with Crippen LogP contribution in [0, 0.1) is 17.3 Å². The van der Waals surface area contributed by atoms with Gasteiger partial charge < -0.3 is 4.74 Å². The standard InChI is InChI=1S/C17H28O3/c1-4-17(2,3)16(19)20-15-8-6-5-7-14(15)12-9-10-13(18)11-12/h12,14-15H,4-11H2,1-3H3.